The van der Waals surface area contributed by atoms with Crippen molar-refractivity contribution in [2.45, 2.75) is 56.8 Å². The molecule has 0 aromatic heterocycles. The molecule has 0 saturated heterocycles. The van der Waals surface area contributed by atoms with E-state index in [-0.39, 0.29) is 17.7 Å². The van der Waals surface area contributed by atoms with Crippen LogP contribution in [0.25, 0.3) is 11.1 Å². The zero-order valence-electron chi connectivity index (χ0n) is 22.9. The van der Waals surface area contributed by atoms with Crippen LogP contribution in [0, 0.1) is 0 Å². The Morgan fingerprint density at radius 2 is 1.77 bits per heavy atom. The van der Waals surface area contributed by atoms with E-state index in [9.17, 15) is 14.4 Å². The Morgan fingerprint density at radius 3 is 2.44 bits per heavy atom. The van der Waals surface area contributed by atoms with Gasteiger partial charge in [-0.2, -0.15) is 0 Å². The van der Waals surface area contributed by atoms with Crippen molar-refractivity contribution in [3.8, 4) is 11.1 Å². The standard InChI is InChI=1S/C31H36N4O3S/c1-5-33-28(36)26-9-7-6-8-25(26)21-12-10-20(11-13-21)18-35-19-22-14-15-24(39-4)16-23(22)17-27(29(35)37)34-30(38)31(2,3)32/h6-16,27H,5,17-19,32H2,1-4H3,(H,33,36)(H,34,38)/t27-/m1/s1. The number of rotatable bonds is 8. The lowest BCUT2D eigenvalue weighted by molar-refractivity contribution is -0.138. The van der Waals surface area contributed by atoms with E-state index in [1.807, 2.05) is 61.7 Å². The van der Waals surface area contributed by atoms with Crippen molar-refractivity contribution in [1.29, 1.82) is 0 Å². The van der Waals surface area contributed by atoms with Crippen LogP contribution in [0.1, 0.15) is 47.8 Å². The van der Waals surface area contributed by atoms with Gasteiger partial charge in [-0.05, 0) is 73.0 Å². The number of fused-ring (bicyclic) bond motifs is 1. The SMILES string of the molecule is CCNC(=O)c1ccccc1-c1ccc(CN2Cc3ccc(SC)cc3C[C@@H](NC(=O)C(C)(C)N)C2=O)cc1. The molecule has 0 fully saturated rings. The summed E-state index contributed by atoms with van der Waals surface area (Å²) < 4.78 is 0. The first-order chi connectivity index (χ1) is 18.6. The second kappa shape index (κ2) is 12.1. The molecule has 3 aromatic rings. The summed E-state index contributed by atoms with van der Waals surface area (Å²) in [5.41, 5.74) is 10.4. The second-order valence-electron chi connectivity index (χ2n) is 10.4. The molecule has 4 rings (SSSR count). The van der Waals surface area contributed by atoms with E-state index in [0.717, 1.165) is 32.7 Å². The summed E-state index contributed by atoms with van der Waals surface area (Å²) in [4.78, 5) is 41.9. The number of nitrogens with one attached hydrogen (secondary N) is 2. The van der Waals surface area contributed by atoms with Crippen molar-refractivity contribution in [2.75, 3.05) is 12.8 Å². The Hall–Kier alpha value is -3.62. The summed E-state index contributed by atoms with van der Waals surface area (Å²) >= 11 is 1.65. The van der Waals surface area contributed by atoms with Crippen molar-refractivity contribution < 1.29 is 14.4 Å². The van der Waals surface area contributed by atoms with E-state index in [4.69, 9.17) is 5.73 Å². The maximum atomic E-state index is 13.7. The molecule has 0 spiro atoms. The highest BCUT2D eigenvalue weighted by atomic mass is 32.2. The maximum Gasteiger partial charge on any atom is 0.251 e. The number of carbonyl (C=O) groups excluding carboxylic acids is 3. The Bertz CT molecular complexity index is 1360. The predicted molar refractivity (Wildman–Crippen MR) is 156 cm³/mol. The van der Waals surface area contributed by atoms with Crippen molar-refractivity contribution in [3.63, 3.8) is 0 Å². The zero-order chi connectivity index (χ0) is 28.2. The summed E-state index contributed by atoms with van der Waals surface area (Å²) in [7, 11) is 0. The fraction of sp³-hybridized carbons (Fsp3) is 0.323. The van der Waals surface area contributed by atoms with E-state index in [0.29, 0.717) is 31.6 Å². The van der Waals surface area contributed by atoms with E-state index < -0.39 is 11.6 Å². The molecule has 3 aromatic carbocycles. The summed E-state index contributed by atoms with van der Waals surface area (Å²) in [6.07, 6.45) is 2.43. The average Bonchev–Trinajstić information content (AvgIpc) is 3.04. The molecule has 1 aliphatic rings. The van der Waals surface area contributed by atoms with Crippen LogP contribution in [0.15, 0.2) is 71.6 Å². The summed E-state index contributed by atoms with van der Waals surface area (Å²) in [6, 6.07) is 21.0. The molecule has 0 aliphatic carbocycles. The topological polar surface area (TPSA) is 105 Å². The quantitative estimate of drug-likeness (QED) is 0.370. The van der Waals surface area contributed by atoms with Gasteiger partial charge in [0.1, 0.15) is 6.04 Å². The van der Waals surface area contributed by atoms with Crippen LogP contribution in [0.4, 0.5) is 0 Å². The number of carbonyl (C=O) groups is 3. The molecular formula is C31H36N4O3S. The first kappa shape index (κ1) is 28.4. The van der Waals surface area contributed by atoms with Crippen molar-refractivity contribution in [1.82, 2.24) is 15.5 Å². The number of nitrogens with two attached hydrogens (primary N) is 1. The Labute approximate surface area is 234 Å². The molecule has 39 heavy (non-hydrogen) atoms. The van der Waals surface area contributed by atoms with Crippen LogP contribution in [0.3, 0.4) is 0 Å². The van der Waals surface area contributed by atoms with Crippen LogP contribution in [0.5, 0.6) is 0 Å². The molecule has 8 heteroatoms. The van der Waals surface area contributed by atoms with Crippen LogP contribution < -0.4 is 16.4 Å². The minimum absolute atomic E-state index is 0.107. The molecule has 0 radical (unpaired) electrons. The lowest BCUT2D eigenvalue weighted by atomic mass is 9.98. The van der Waals surface area contributed by atoms with E-state index in [1.54, 1.807) is 30.5 Å². The lowest BCUT2D eigenvalue weighted by Crippen LogP contribution is -2.56. The van der Waals surface area contributed by atoms with Gasteiger partial charge in [0.25, 0.3) is 5.91 Å². The number of hydrogen-bond donors (Lipinski definition) is 3. The van der Waals surface area contributed by atoms with Crippen molar-refractivity contribution in [2.24, 2.45) is 5.73 Å². The van der Waals surface area contributed by atoms with E-state index in [2.05, 4.69) is 28.8 Å². The number of amides is 3. The highest BCUT2D eigenvalue weighted by molar-refractivity contribution is 7.98. The second-order valence-corrected chi connectivity index (χ2v) is 11.3. The molecule has 0 unspecified atom stereocenters. The van der Waals surface area contributed by atoms with Gasteiger partial charge < -0.3 is 21.3 Å². The largest absolute Gasteiger partial charge is 0.352 e. The molecule has 7 nitrogen and oxygen atoms in total. The first-order valence-electron chi connectivity index (χ1n) is 13.1. The number of hydrogen-bond acceptors (Lipinski definition) is 5. The van der Waals surface area contributed by atoms with Crippen LogP contribution in [0.2, 0.25) is 0 Å². The summed E-state index contributed by atoms with van der Waals surface area (Å²) in [5, 5.41) is 5.77. The average molecular weight is 545 g/mol. The van der Waals surface area contributed by atoms with Gasteiger partial charge >= 0.3 is 0 Å². The van der Waals surface area contributed by atoms with Gasteiger partial charge in [-0.15, -0.1) is 11.8 Å². The fourth-order valence-electron chi connectivity index (χ4n) is 4.67. The number of nitrogens with zero attached hydrogens (tertiary/aromatic N) is 1. The zero-order valence-corrected chi connectivity index (χ0v) is 23.7. The van der Waals surface area contributed by atoms with Gasteiger partial charge in [-0.3, -0.25) is 14.4 Å². The van der Waals surface area contributed by atoms with Gasteiger partial charge in [0.05, 0.1) is 5.54 Å². The first-order valence-corrected chi connectivity index (χ1v) is 14.3. The third kappa shape index (κ3) is 6.69. The third-order valence-electron chi connectivity index (χ3n) is 6.85. The summed E-state index contributed by atoms with van der Waals surface area (Å²) in [5.74, 6) is -0.607. The minimum Gasteiger partial charge on any atom is -0.352 e. The molecule has 1 aliphatic heterocycles. The normalized spacial score (nSPS) is 15.4. The molecule has 0 saturated carbocycles. The van der Waals surface area contributed by atoms with E-state index in [1.165, 1.54) is 0 Å². The number of benzene rings is 3. The van der Waals surface area contributed by atoms with Gasteiger partial charge in [0.2, 0.25) is 11.8 Å². The molecule has 1 heterocycles. The summed E-state index contributed by atoms with van der Waals surface area (Å²) in [6.45, 7) is 6.55. The lowest BCUT2D eigenvalue weighted by Gasteiger charge is -2.27. The van der Waals surface area contributed by atoms with Crippen LogP contribution in [-0.2, 0) is 29.1 Å². The van der Waals surface area contributed by atoms with Gasteiger partial charge in [-0.1, -0.05) is 48.5 Å². The fourth-order valence-corrected chi connectivity index (χ4v) is 5.14. The molecule has 1 atom stereocenters. The smallest absolute Gasteiger partial charge is 0.251 e. The van der Waals surface area contributed by atoms with Crippen LogP contribution >= 0.6 is 11.8 Å². The van der Waals surface area contributed by atoms with E-state index >= 15 is 0 Å². The van der Waals surface area contributed by atoms with Crippen LogP contribution in [-0.4, -0.2) is 47.0 Å². The Morgan fingerprint density at radius 1 is 1.05 bits per heavy atom. The van der Waals surface area contributed by atoms with Crippen molar-refractivity contribution >= 4 is 29.5 Å². The molecule has 0 bridgehead atoms. The van der Waals surface area contributed by atoms with Gasteiger partial charge in [0, 0.05) is 36.5 Å². The van der Waals surface area contributed by atoms with Gasteiger partial charge in [-0.25, -0.2) is 0 Å². The highest BCUT2D eigenvalue weighted by Gasteiger charge is 2.33. The maximum absolute atomic E-state index is 13.7. The monoisotopic (exact) mass is 544 g/mol. The molecule has 204 valence electrons. The minimum atomic E-state index is -1.10. The highest BCUT2D eigenvalue weighted by Crippen LogP contribution is 2.28. The molecule has 4 N–H and O–H groups in total. The number of thioether (sulfide) groups is 1. The Balaban J connectivity index is 1.61. The Kier molecular flexibility index (Phi) is 8.77. The predicted octanol–water partition coefficient (Wildman–Crippen LogP) is 4.13. The molecule has 3 amide bonds. The van der Waals surface area contributed by atoms with Crippen molar-refractivity contribution in [3.05, 3.63) is 89.0 Å². The molecular weight excluding hydrogens is 508 g/mol. The van der Waals surface area contributed by atoms with Gasteiger partial charge in [0.15, 0.2) is 0 Å². The third-order valence-corrected chi connectivity index (χ3v) is 7.57.